The highest BCUT2D eigenvalue weighted by Gasteiger charge is 2.22. The van der Waals surface area contributed by atoms with E-state index in [1.165, 1.54) is 0 Å². The molecular formula is C10H12ClNO2S2. The molecule has 1 aromatic rings. The van der Waals surface area contributed by atoms with Crippen molar-refractivity contribution in [2.45, 2.75) is 22.0 Å². The Balaban J connectivity index is 2.51. The van der Waals surface area contributed by atoms with E-state index in [1.807, 2.05) is 13.1 Å². The molecule has 6 heteroatoms. The van der Waals surface area contributed by atoms with Gasteiger partial charge in [0, 0.05) is 34.4 Å². The first-order valence-electron chi connectivity index (χ1n) is 4.84. The Morgan fingerprint density at radius 2 is 2.19 bits per heavy atom. The second-order valence-electron chi connectivity index (χ2n) is 3.88. The fraction of sp³-hybridized carbons (Fsp3) is 0.400. The Bertz CT molecular complexity index is 516. The third kappa shape index (κ3) is 2.31. The van der Waals surface area contributed by atoms with Crippen LogP contribution in [0.4, 0.5) is 5.69 Å². The van der Waals surface area contributed by atoms with Crippen LogP contribution in [-0.2, 0) is 9.05 Å². The summed E-state index contributed by atoms with van der Waals surface area (Å²) in [5.41, 5.74) is 0.935. The van der Waals surface area contributed by atoms with Crippen molar-refractivity contribution in [3.05, 3.63) is 18.2 Å². The molecule has 3 nitrogen and oxygen atoms in total. The summed E-state index contributed by atoms with van der Waals surface area (Å²) < 4.78 is 22.5. The lowest BCUT2D eigenvalue weighted by Crippen LogP contribution is -2.29. The smallest absolute Gasteiger partial charge is 0.261 e. The summed E-state index contributed by atoms with van der Waals surface area (Å²) in [6, 6.07) is 5.01. The van der Waals surface area contributed by atoms with Crippen molar-refractivity contribution in [2.75, 3.05) is 18.5 Å². The van der Waals surface area contributed by atoms with Crippen LogP contribution in [0.5, 0.6) is 0 Å². The average molecular weight is 278 g/mol. The van der Waals surface area contributed by atoms with Crippen molar-refractivity contribution in [3.63, 3.8) is 0 Å². The lowest BCUT2D eigenvalue weighted by atomic mass is 10.2. The molecule has 1 aromatic carbocycles. The molecule has 0 fully saturated rings. The predicted octanol–water partition coefficient (Wildman–Crippen LogP) is 2.54. The number of benzene rings is 1. The first kappa shape index (κ1) is 12.1. The normalized spacial score (nSPS) is 20.7. The molecule has 1 aliphatic rings. The van der Waals surface area contributed by atoms with Crippen LogP contribution in [0.1, 0.15) is 6.92 Å². The van der Waals surface area contributed by atoms with Gasteiger partial charge in [-0.05, 0) is 18.2 Å². The molecule has 1 atom stereocenters. The molecule has 0 aromatic heterocycles. The minimum absolute atomic E-state index is 0.162. The van der Waals surface area contributed by atoms with Gasteiger partial charge in [-0.2, -0.15) is 0 Å². The lowest BCUT2D eigenvalue weighted by molar-refractivity contribution is 0.609. The first-order chi connectivity index (χ1) is 7.38. The molecule has 1 aliphatic heterocycles. The summed E-state index contributed by atoms with van der Waals surface area (Å²) >= 11 is 1.76. The molecule has 0 bridgehead atoms. The molecule has 0 saturated heterocycles. The Kier molecular flexibility index (Phi) is 3.11. The fourth-order valence-electron chi connectivity index (χ4n) is 1.78. The molecule has 0 saturated carbocycles. The topological polar surface area (TPSA) is 37.4 Å². The van der Waals surface area contributed by atoms with Crippen LogP contribution < -0.4 is 4.90 Å². The van der Waals surface area contributed by atoms with Gasteiger partial charge in [0.25, 0.3) is 9.05 Å². The van der Waals surface area contributed by atoms with E-state index in [-0.39, 0.29) is 4.90 Å². The second kappa shape index (κ2) is 4.13. The Hall–Kier alpha value is -0.390. The third-order valence-electron chi connectivity index (χ3n) is 2.48. The Labute approximate surface area is 104 Å². The van der Waals surface area contributed by atoms with Crippen LogP contribution >= 0.6 is 22.4 Å². The highest BCUT2D eigenvalue weighted by molar-refractivity contribution is 8.13. The largest absolute Gasteiger partial charge is 0.373 e. The molecule has 88 valence electrons. The van der Waals surface area contributed by atoms with Gasteiger partial charge in [0.1, 0.15) is 0 Å². The monoisotopic (exact) mass is 277 g/mol. The maximum Gasteiger partial charge on any atom is 0.261 e. The summed E-state index contributed by atoms with van der Waals surface area (Å²) in [4.78, 5) is 3.32. The van der Waals surface area contributed by atoms with Crippen molar-refractivity contribution in [1.29, 1.82) is 0 Å². The van der Waals surface area contributed by atoms with Gasteiger partial charge in [-0.25, -0.2) is 8.42 Å². The summed E-state index contributed by atoms with van der Waals surface area (Å²) in [5.74, 6) is 0. The van der Waals surface area contributed by atoms with Crippen molar-refractivity contribution < 1.29 is 8.42 Å². The minimum Gasteiger partial charge on any atom is -0.373 e. The quantitative estimate of drug-likeness (QED) is 0.740. The molecular weight excluding hydrogens is 266 g/mol. The van der Waals surface area contributed by atoms with Gasteiger partial charge in [-0.15, -0.1) is 11.8 Å². The number of rotatable bonds is 1. The van der Waals surface area contributed by atoms with E-state index < -0.39 is 9.05 Å². The van der Waals surface area contributed by atoms with Gasteiger partial charge in [0.15, 0.2) is 0 Å². The van der Waals surface area contributed by atoms with Crippen LogP contribution in [0, 0.1) is 0 Å². The van der Waals surface area contributed by atoms with Gasteiger partial charge in [-0.3, -0.25) is 0 Å². The molecule has 0 aliphatic carbocycles. The zero-order valence-corrected chi connectivity index (χ0v) is 11.4. The number of hydrogen-bond donors (Lipinski definition) is 0. The third-order valence-corrected chi connectivity index (χ3v) is 4.98. The fourth-order valence-corrected chi connectivity index (χ4v) is 3.77. The SMILES string of the molecule is CC1CN(C)c2cc(S(=O)(=O)Cl)ccc2S1. The zero-order valence-electron chi connectivity index (χ0n) is 8.97. The number of fused-ring (bicyclic) bond motifs is 1. The molecule has 16 heavy (non-hydrogen) atoms. The summed E-state index contributed by atoms with van der Waals surface area (Å²) in [7, 11) is 3.65. The molecule has 1 heterocycles. The maximum absolute atomic E-state index is 11.2. The van der Waals surface area contributed by atoms with Crippen LogP contribution in [0.15, 0.2) is 28.0 Å². The number of nitrogens with zero attached hydrogens (tertiary/aromatic N) is 1. The summed E-state index contributed by atoms with van der Waals surface area (Å²) in [6.45, 7) is 3.06. The van der Waals surface area contributed by atoms with Crippen molar-refractivity contribution in [3.8, 4) is 0 Å². The van der Waals surface area contributed by atoms with Crippen LogP contribution in [-0.4, -0.2) is 27.3 Å². The van der Waals surface area contributed by atoms with Gasteiger partial charge in [0.2, 0.25) is 0 Å². The van der Waals surface area contributed by atoms with Crippen molar-refractivity contribution in [1.82, 2.24) is 0 Å². The predicted molar refractivity (Wildman–Crippen MR) is 68.1 cm³/mol. The van der Waals surface area contributed by atoms with E-state index in [9.17, 15) is 8.42 Å². The zero-order chi connectivity index (χ0) is 11.9. The average Bonchev–Trinajstić information content (AvgIpc) is 2.15. The van der Waals surface area contributed by atoms with E-state index in [0.29, 0.717) is 5.25 Å². The highest BCUT2D eigenvalue weighted by atomic mass is 35.7. The van der Waals surface area contributed by atoms with Gasteiger partial charge < -0.3 is 4.90 Å². The maximum atomic E-state index is 11.2. The second-order valence-corrected chi connectivity index (χ2v) is 7.92. The highest BCUT2D eigenvalue weighted by Crippen LogP contribution is 2.39. The van der Waals surface area contributed by atoms with E-state index in [1.54, 1.807) is 23.9 Å². The Morgan fingerprint density at radius 1 is 1.50 bits per heavy atom. The van der Waals surface area contributed by atoms with E-state index in [2.05, 4.69) is 11.8 Å². The van der Waals surface area contributed by atoms with Gasteiger partial charge in [-0.1, -0.05) is 6.92 Å². The molecule has 0 amide bonds. The minimum atomic E-state index is -3.64. The van der Waals surface area contributed by atoms with Crippen molar-refractivity contribution in [2.24, 2.45) is 0 Å². The standard InChI is InChI=1S/C10H12ClNO2S2/c1-7-6-12(2)9-5-8(16(11,13)14)3-4-10(9)15-7/h3-5,7H,6H2,1-2H3. The van der Waals surface area contributed by atoms with Crippen molar-refractivity contribution >= 4 is 37.2 Å². The van der Waals surface area contributed by atoms with Gasteiger partial charge in [0.05, 0.1) is 10.6 Å². The van der Waals surface area contributed by atoms with E-state index in [4.69, 9.17) is 10.7 Å². The van der Waals surface area contributed by atoms with Crippen LogP contribution in [0.25, 0.3) is 0 Å². The summed E-state index contributed by atoms with van der Waals surface area (Å²) in [5, 5.41) is 0.510. The molecule has 0 spiro atoms. The molecule has 0 N–H and O–H groups in total. The molecule has 2 rings (SSSR count). The summed E-state index contributed by atoms with van der Waals surface area (Å²) in [6.07, 6.45) is 0. The number of halogens is 1. The van der Waals surface area contributed by atoms with Crippen LogP contribution in [0.2, 0.25) is 0 Å². The molecule has 0 radical (unpaired) electrons. The number of hydrogen-bond acceptors (Lipinski definition) is 4. The molecule has 1 unspecified atom stereocenters. The van der Waals surface area contributed by atoms with Crippen LogP contribution in [0.3, 0.4) is 0 Å². The lowest BCUT2D eigenvalue weighted by Gasteiger charge is -2.31. The number of thioether (sulfide) groups is 1. The number of anilines is 1. The Morgan fingerprint density at radius 3 is 2.81 bits per heavy atom. The first-order valence-corrected chi connectivity index (χ1v) is 8.03. The van der Waals surface area contributed by atoms with Gasteiger partial charge >= 0.3 is 0 Å². The van der Waals surface area contributed by atoms with E-state index >= 15 is 0 Å². The van der Waals surface area contributed by atoms with E-state index in [0.717, 1.165) is 17.1 Å².